The van der Waals surface area contributed by atoms with Crippen LogP contribution in [-0.4, -0.2) is 44.6 Å². The predicted molar refractivity (Wildman–Crippen MR) is 93.7 cm³/mol. The lowest BCUT2D eigenvalue weighted by Crippen LogP contribution is -2.29. The lowest BCUT2D eigenvalue weighted by Gasteiger charge is -2.15. The maximum absolute atomic E-state index is 12.2. The molecular weight excluding hydrogens is 340 g/mol. The van der Waals surface area contributed by atoms with Gasteiger partial charge in [-0.05, 0) is 18.2 Å². The average Bonchev–Trinajstić information content (AvgIpc) is 2.91. The molecule has 9 nitrogen and oxygen atoms in total. The van der Waals surface area contributed by atoms with Gasteiger partial charge >= 0.3 is 11.7 Å². The van der Waals surface area contributed by atoms with E-state index in [9.17, 15) is 14.7 Å². The van der Waals surface area contributed by atoms with Crippen molar-refractivity contribution in [3.8, 4) is 0 Å². The number of aromatic nitrogens is 2. The fraction of sp³-hybridized carbons (Fsp3) is 0.235. The number of urea groups is 1. The van der Waals surface area contributed by atoms with Crippen molar-refractivity contribution < 1.29 is 19.7 Å². The SMILES string of the molecule is C=C1[C@H](n2ccc(NC(=O)Nc3ccccc3)nc2=O)O[C@H](CO)[C@H]1O. The summed E-state index contributed by atoms with van der Waals surface area (Å²) in [5.41, 5.74) is 0.146. The Morgan fingerprint density at radius 1 is 1.27 bits per heavy atom. The first kappa shape index (κ1) is 17.8. The monoisotopic (exact) mass is 358 g/mol. The van der Waals surface area contributed by atoms with E-state index in [1.165, 1.54) is 12.3 Å². The van der Waals surface area contributed by atoms with E-state index in [1.54, 1.807) is 24.3 Å². The van der Waals surface area contributed by atoms with Crippen molar-refractivity contribution in [2.45, 2.75) is 18.4 Å². The molecule has 0 aliphatic carbocycles. The van der Waals surface area contributed by atoms with Gasteiger partial charge in [-0.2, -0.15) is 4.98 Å². The zero-order chi connectivity index (χ0) is 18.7. The number of anilines is 2. The van der Waals surface area contributed by atoms with Crippen LogP contribution in [0.5, 0.6) is 0 Å². The van der Waals surface area contributed by atoms with Crippen LogP contribution in [0, 0.1) is 0 Å². The highest BCUT2D eigenvalue weighted by molar-refractivity contribution is 5.99. The number of aliphatic hydroxyl groups is 2. The molecule has 1 saturated heterocycles. The van der Waals surface area contributed by atoms with Gasteiger partial charge in [-0.3, -0.25) is 9.88 Å². The molecular formula is C17H18N4O5. The lowest BCUT2D eigenvalue weighted by atomic mass is 10.1. The Bertz CT molecular complexity index is 867. The Hall–Kier alpha value is -3.01. The largest absolute Gasteiger partial charge is 0.394 e. The molecule has 0 saturated carbocycles. The minimum atomic E-state index is -1.08. The van der Waals surface area contributed by atoms with Crippen LogP contribution in [0.2, 0.25) is 0 Å². The summed E-state index contributed by atoms with van der Waals surface area (Å²) in [5, 5.41) is 24.1. The third-order valence-electron chi connectivity index (χ3n) is 3.89. The Labute approximate surface area is 148 Å². The molecule has 1 fully saturated rings. The van der Waals surface area contributed by atoms with Crippen LogP contribution in [0.25, 0.3) is 0 Å². The lowest BCUT2D eigenvalue weighted by molar-refractivity contribution is -0.0447. The van der Waals surface area contributed by atoms with Crippen LogP contribution in [0.1, 0.15) is 6.23 Å². The number of para-hydroxylation sites is 1. The molecule has 2 amide bonds. The number of amides is 2. The van der Waals surface area contributed by atoms with Crippen molar-refractivity contribution in [1.29, 1.82) is 0 Å². The fourth-order valence-corrected chi connectivity index (χ4v) is 2.56. The quantitative estimate of drug-likeness (QED) is 0.596. The molecule has 0 unspecified atom stereocenters. The van der Waals surface area contributed by atoms with E-state index in [-0.39, 0.29) is 11.4 Å². The first-order valence-corrected chi connectivity index (χ1v) is 7.85. The summed E-state index contributed by atoms with van der Waals surface area (Å²) in [6.07, 6.45) is -1.50. The zero-order valence-corrected chi connectivity index (χ0v) is 13.7. The first-order chi connectivity index (χ1) is 12.5. The van der Waals surface area contributed by atoms with Crippen molar-refractivity contribution >= 4 is 17.5 Å². The van der Waals surface area contributed by atoms with Crippen molar-refractivity contribution in [2.75, 3.05) is 17.2 Å². The number of nitrogens with zero attached hydrogens (tertiary/aromatic N) is 2. The van der Waals surface area contributed by atoms with Gasteiger partial charge in [-0.25, -0.2) is 9.59 Å². The number of rotatable bonds is 4. The molecule has 26 heavy (non-hydrogen) atoms. The molecule has 3 atom stereocenters. The molecule has 1 aliphatic rings. The highest BCUT2D eigenvalue weighted by atomic mass is 16.5. The summed E-state index contributed by atoms with van der Waals surface area (Å²) in [7, 11) is 0. The molecule has 3 rings (SSSR count). The number of carbonyl (C=O) groups excluding carboxylic acids is 1. The normalized spacial score (nSPS) is 22.2. The maximum Gasteiger partial charge on any atom is 0.351 e. The second kappa shape index (κ2) is 7.48. The van der Waals surface area contributed by atoms with Gasteiger partial charge in [0.05, 0.1) is 6.61 Å². The second-order valence-corrected chi connectivity index (χ2v) is 5.68. The minimum absolute atomic E-state index is 0.0579. The van der Waals surface area contributed by atoms with Crippen molar-refractivity contribution in [3.63, 3.8) is 0 Å². The molecule has 0 radical (unpaired) electrons. The van der Waals surface area contributed by atoms with Crippen LogP contribution in [0.3, 0.4) is 0 Å². The van der Waals surface area contributed by atoms with Gasteiger partial charge in [-0.1, -0.05) is 24.8 Å². The number of ether oxygens (including phenoxy) is 1. The molecule has 4 N–H and O–H groups in total. The predicted octanol–water partition coefficient (Wildman–Crippen LogP) is 0.694. The standard InChI is InChI=1S/C17H18N4O5/c1-10-14(23)12(9-22)26-15(10)21-8-7-13(20-17(21)25)19-16(24)18-11-5-3-2-4-6-11/h2-8,12,14-15,22-23H,1,9H2,(H2,18,19,20,24,25)/t12-,14+,15-/m1/s1. The van der Waals surface area contributed by atoms with Gasteiger partial charge < -0.3 is 20.3 Å². The van der Waals surface area contributed by atoms with Crippen LogP contribution >= 0.6 is 0 Å². The van der Waals surface area contributed by atoms with E-state index in [1.807, 2.05) is 6.07 Å². The minimum Gasteiger partial charge on any atom is -0.394 e. The second-order valence-electron chi connectivity index (χ2n) is 5.68. The third kappa shape index (κ3) is 3.64. The summed E-state index contributed by atoms with van der Waals surface area (Å²) in [6.45, 7) is 3.29. The highest BCUT2D eigenvalue weighted by Gasteiger charge is 2.38. The maximum atomic E-state index is 12.2. The molecule has 2 heterocycles. The van der Waals surface area contributed by atoms with E-state index < -0.39 is 36.8 Å². The third-order valence-corrected chi connectivity index (χ3v) is 3.89. The molecule has 1 aliphatic heterocycles. The summed E-state index contributed by atoms with van der Waals surface area (Å²) >= 11 is 0. The van der Waals surface area contributed by atoms with Gasteiger partial charge in [0, 0.05) is 17.5 Å². The summed E-state index contributed by atoms with van der Waals surface area (Å²) in [6, 6.07) is 9.68. The van der Waals surface area contributed by atoms with Crippen LogP contribution < -0.4 is 16.3 Å². The molecule has 136 valence electrons. The smallest absolute Gasteiger partial charge is 0.351 e. The summed E-state index contributed by atoms with van der Waals surface area (Å²) in [5.74, 6) is 0.0579. The number of hydrogen-bond donors (Lipinski definition) is 4. The molecule has 1 aromatic carbocycles. The molecule has 1 aromatic heterocycles. The molecule has 9 heteroatoms. The van der Waals surface area contributed by atoms with E-state index in [2.05, 4.69) is 22.2 Å². The molecule has 2 aromatic rings. The summed E-state index contributed by atoms with van der Waals surface area (Å²) in [4.78, 5) is 27.9. The van der Waals surface area contributed by atoms with E-state index in [0.717, 1.165) is 4.57 Å². The average molecular weight is 358 g/mol. The van der Waals surface area contributed by atoms with Gasteiger partial charge in [-0.15, -0.1) is 0 Å². The number of benzene rings is 1. The van der Waals surface area contributed by atoms with Gasteiger partial charge in [0.25, 0.3) is 0 Å². The number of carbonyl (C=O) groups is 1. The van der Waals surface area contributed by atoms with Crippen LogP contribution in [0.15, 0.2) is 59.5 Å². The molecule has 0 spiro atoms. The van der Waals surface area contributed by atoms with Gasteiger partial charge in [0.2, 0.25) is 0 Å². The Balaban J connectivity index is 1.71. The number of hydrogen-bond acceptors (Lipinski definition) is 6. The molecule has 0 bridgehead atoms. The number of nitrogens with one attached hydrogen (secondary N) is 2. The van der Waals surface area contributed by atoms with E-state index >= 15 is 0 Å². The van der Waals surface area contributed by atoms with E-state index in [0.29, 0.717) is 5.69 Å². The van der Waals surface area contributed by atoms with Crippen LogP contribution in [0.4, 0.5) is 16.3 Å². The Morgan fingerprint density at radius 3 is 2.62 bits per heavy atom. The summed E-state index contributed by atoms with van der Waals surface area (Å²) < 4.78 is 6.55. The fourth-order valence-electron chi connectivity index (χ4n) is 2.56. The highest BCUT2D eigenvalue weighted by Crippen LogP contribution is 2.31. The van der Waals surface area contributed by atoms with Crippen molar-refractivity contribution in [2.24, 2.45) is 0 Å². The van der Waals surface area contributed by atoms with Crippen LogP contribution in [-0.2, 0) is 4.74 Å². The Morgan fingerprint density at radius 2 is 2.00 bits per heavy atom. The van der Waals surface area contributed by atoms with Crippen molar-refractivity contribution in [1.82, 2.24) is 9.55 Å². The van der Waals surface area contributed by atoms with E-state index in [4.69, 9.17) is 9.84 Å². The zero-order valence-electron chi connectivity index (χ0n) is 13.7. The topological polar surface area (TPSA) is 126 Å². The number of aliphatic hydroxyl groups excluding tert-OH is 2. The Kier molecular flexibility index (Phi) is 5.12. The van der Waals surface area contributed by atoms with Crippen molar-refractivity contribution in [3.05, 3.63) is 65.2 Å². The first-order valence-electron chi connectivity index (χ1n) is 7.85. The van der Waals surface area contributed by atoms with Gasteiger partial charge in [0.15, 0.2) is 6.23 Å². The van der Waals surface area contributed by atoms with Gasteiger partial charge in [0.1, 0.15) is 18.0 Å².